The third-order valence-electron chi connectivity index (χ3n) is 3.20. The van der Waals surface area contributed by atoms with Crippen LogP contribution in [0.4, 0.5) is 8.78 Å². The fourth-order valence-electron chi connectivity index (χ4n) is 2.15. The van der Waals surface area contributed by atoms with Crippen molar-refractivity contribution in [2.24, 2.45) is 5.73 Å². The average molecular weight is 330 g/mol. The van der Waals surface area contributed by atoms with Gasteiger partial charge >= 0.3 is 6.61 Å². The van der Waals surface area contributed by atoms with Crippen LogP contribution >= 0.6 is 12.4 Å². The van der Waals surface area contributed by atoms with Gasteiger partial charge in [0.2, 0.25) is 0 Å². The summed E-state index contributed by atoms with van der Waals surface area (Å²) in [7, 11) is 0. The van der Waals surface area contributed by atoms with E-state index in [9.17, 15) is 13.9 Å². The molecule has 2 aromatic rings. The first-order valence-electron chi connectivity index (χ1n) is 6.59. The number of para-hydroxylation sites is 1. The molecule has 0 spiro atoms. The van der Waals surface area contributed by atoms with Crippen molar-refractivity contribution in [2.75, 3.05) is 0 Å². The highest BCUT2D eigenvalue weighted by Crippen LogP contribution is 2.28. The van der Waals surface area contributed by atoms with Crippen LogP contribution in [-0.2, 0) is 6.42 Å². The molecule has 0 aliphatic heterocycles. The largest absolute Gasteiger partial charge is 0.434 e. The zero-order valence-electron chi connectivity index (χ0n) is 11.7. The molecule has 0 fully saturated rings. The maximum atomic E-state index is 12.4. The normalized spacial score (nSPS) is 13.3. The first-order valence-corrected chi connectivity index (χ1v) is 6.59. The summed E-state index contributed by atoms with van der Waals surface area (Å²) in [4.78, 5) is 0. The molecule has 2 atom stereocenters. The molecule has 0 saturated carbocycles. The summed E-state index contributed by atoms with van der Waals surface area (Å²) < 4.78 is 29.2. The lowest BCUT2D eigenvalue weighted by atomic mass is 9.96. The van der Waals surface area contributed by atoms with E-state index >= 15 is 0 Å². The van der Waals surface area contributed by atoms with E-state index in [1.807, 2.05) is 30.3 Å². The smallest absolute Gasteiger partial charge is 0.387 e. The van der Waals surface area contributed by atoms with Crippen molar-refractivity contribution in [3.8, 4) is 5.75 Å². The molecule has 2 rings (SSSR count). The number of alkyl halides is 2. The Morgan fingerprint density at radius 3 is 2.23 bits per heavy atom. The molecule has 0 amide bonds. The molecule has 6 heteroatoms. The fourth-order valence-corrected chi connectivity index (χ4v) is 2.15. The number of hydrogen-bond acceptors (Lipinski definition) is 3. The van der Waals surface area contributed by atoms with E-state index in [4.69, 9.17) is 5.73 Å². The van der Waals surface area contributed by atoms with Crippen LogP contribution in [0.5, 0.6) is 5.75 Å². The highest BCUT2D eigenvalue weighted by Gasteiger charge is 2.21. The van der Waals surface area contributed by atoms with Crippen molar-refractivity contribution in [1.82, 2.24) is 0 Å². The number of rotatable bonds is 6. The predicted octanol–water partition coefficient (Wildman–Crippen LogP) is 3.31. The summed E-state index contributed by atoms with van der Waals surface area (Å²) >= 11 is 0. The van der Waals surface area contributed by atoms with E-state index in [0.29, 0.717) is 12.0 Å². The molecule has 0 unspecified atom stereocenters. The molecular formula is C16H18ClF2NO2. The third kappa shape index (κ3) is 4.94. The van der Waals surface area contributed by atoms with E-state index in [0.717, 1.165) is 5.56 Å². The molecule has 3 nitrogen and oxygen atoms in total. The van der Waals surface area contributed by atoms with Gasteiger partial charge in [0.1, 0.15) is 5.75 Å². The van der Waals surface area contributed by atoms with E-state index in [2.05, 4.69) is 4.74 Å². The Hall–Kier alpha value is -1.69. The van der Waals surface area contributed by atoms with Crippen molar-refractivity contribution in [2.45, 2.75) is 25.2 Å². The summed E-state index contributed by atoms with van der Waals surface area (Å²) in [5.74, 6) is -0.00730. The van der Waals surface area contributed by atoms with Crippen LogP contribution in [0.3, 0.4) is 0 Å². The van der Waals surface area contributed by atoms with Gasteiger partial charge in [0, 0.05) is 12.0 Å². The second-order valence-corrected chi connectivity index (χ2v) is 4.70. The molecule has 120 valence electrons. The molecule has 0 bridgehead atoms. The van der Waals surface area contributed by atoms with Crippen LogP contribution in [0.25, 0.3) is 0 Å². The standard InChI is InChI=1S/C16H17F2NO2.ClH/c17-16(18)21-14-9-5-4-8-12(14)15(19)13(20)10-11-6-2-1-3-7-11;/h1-9,13,15-16,20H,10,19H2;1H/t13-,15+;/m0./s1. The number of aliphatic hydroxyl groups excluding tert-OH is 1. The predicted molar refractivity (Wildman–Crippen MR) is 83.4 cm³/mol. The van der Waals surface area contributed by atoms with Crippen molar-refractivity contribution in [3.05, 3.63) is 65.7 Å². The van der Waals surface area contributed by atoms with Crippen LogP contribution in [0.15, 0.2) is 54.6 Å². The second kappa shape index (κ2) is 8.68. The highest BCUT2D eigenvalue weighted by atomic mass is 35.5. The second-order valence-electron chi connectivity index (χ2n) is 4.70. The van der Waals surface area contributed by atoms with Gasteiger partial charge < -0.3 is 15.6 Å². The molecule has 0 saturated heterocycles. The first kappa shape index (κ1) is 18.4. The summed E-state index contributed by atoms with van der Waals surface area (Å²) in [5, 5.41) is 10.2. The van der Waals surface area contributed by atoms with Gasteiger partial charge in [-0.05, 0) is 11.6 Å². The Morgan fingerprint density at radius 1 is 1.00 bits per heavy atom. The fraction of sp³-hybridized carbons (Fsp3) is 0.250. The lowest BCUT2D eigenvalue weighted by Crippen LogP contribution is -2.28. The molecule has 0 aliphatic rings. The minimum Gasteiger partial charge on any atom is -0.434 e. The molecular weight excluding hydrogens is 312 g/mol. The van der Waals surface area contributed by atoms with E-state index in [1.54, 1.807) is 18.2 Å². The van der Waals surface area contributed by atoms with Gasteiger partial charge in [-0.25, -0.2) is 0 Å². The topological polar surface area (TPSA) is 55.5 Å². The zero-order valence-corrected chi connectivity index (χ0v) is 12.5. The average Bonchev–Trinajstić information content (AvgIpc) is 2.47. The molecule has 0 aliphatic carbocycles. The van der Waals surface area contributed by atoms with Gasteiger partial charge in [0.05, 0.1) is 12.1 Å². The number of aliphatic hydroxyl groups is 1. The first-order chi connectivity index (χ1) is 10.1. The Labute approximate surface area is 134 Å². The maximum absolute atomic E-state index is 12.4. The molecule has 3 N–H and O–H groups in total. The molecule has 2 aromatic carbocycles. The lowest BCUT2D eigenvalue weighted by molar-refractivity contribution is -0.0510. The van der Waals surface area contributed by atoms with Gasteiger partial charge in [0.15, 0.2) is 0 Å². The van der Waals surface area contributed by atoms with Gasteiger partial charge in [-0.15, -0.1) is 12.4 Å². The summed E-state index contributed by atoms with van der Waals surface area (Å²) in [6.07, 6.45) is -0.555. The Balaban J connectivity index is 0.00000242. The van der Waals surface area contributed by atoms with Crippen molar-refractivity contribution < 1.29 is 18.6 Å². The quantitative estimate of drug-likeness (QED) is 0.855. The van der Waals surface area contributed by atoms with Gasteiger partial charge in [0.25, 0.3) is 0 Å². The van der Waals surface area contributed by atoms with Crippen LogP contribution in [-0.4, -0.2) is 17.8 Å². The van der Waals surface area contributed by atoms with Gasteiger partial charge in [-0.1, -0.05) is 48.5 Å². The van der Waals surface area contributed by atoms with E-state index in [-0.39, 0.29) is 18.2 Å². The summed E-state index contributed by atoms with van der Waals surface area (Å²) in [5.41, 5.74) is 7.27. The van der Waals surface area contributed by atoms with Crippen molar-refractivity contribution in [1.29, 1.82) is 0 Å². The Kier molecular flexibility index (Phi) is 7.24. The van der Waals surface area contributed by atoms with Crippen LogP contribution in [0.2, 0.25) is 0 Å². The van der Waals surface area contributed by atoms with E-state index in [1.165, 1.54) is 6.07 Å². The van der Waals surface area contributed by atoms with Crippen molar-refractivity contribution >= 4 is 12.4 Å². The number of ether oxygens (including phenoxy) is 1. The summed E-state index contributed by atoms with van der Waals surface area (Å²) in [6, 6.07) is 14.8. The number of nitrogens with two attached hydrogens (primary N) is 1. The van der Waals surface area contributed by atoms with Gasteiger partial charge in [-0.3, -0.25) is 0 Å². The molecule has 0 heterocycles. The summed E-state index contributed by atoms with van der Waals surface area (Å²) in [6.45, 7) is -2.93. The highest BCUT2D eigenvalue weighted by molar-refractivity contribution is 5.85. The van der Waals surface area contributed by atoms with Crippen LogP contribution < -0.4 is 10.5 Å². The molecule has 0 radical (unpaired) electrons. The van der Waals surface area contributed by atoms with Crippen LogP contribution in [0.1, 0.15) is 17.2 Å². The van der Waals surface area contributed by atoms with Crippen LogP contribution in [0, 0.1) is 0 Å². The Bertz CT molecular complexity index is 569. The molecule has 22 heavy (non-hydrogen) atoms. The zero-order chi connectivity index (χ0) is 15.2. The lowest BCUT2D eigenvalue weighted by Gasteiger charge is -2.21. The minimum atomic E-state index is -2.93. The maximum Gasteiger partial charge on any atom is 0.387 e. The number of hydrogen-bond donors (Lipinski definition) is 2. The SMILES string of the molecule is Cl.N[C@H](c1ccccc1OC(F)F)[C@@H](O)Cc1ccccc1. The van der Waals surface area contributed by atoms with Crippen molar-refractivity contribution in [3.63, 3.8) is 0 Å². The monoisotopic (exact) mass is 329 g/mol. The third-order valence-corrected chi connectivity index (χ3v) is 3.20. The number of halogens is 3. The van der Waals surface area contributed by atoms with E-state index < -0.39 is 18.8 Å². The Morgan fingerprint density at radius 2 is 1.59 bits per heavy atom. The minimum absolute atomic E-state index is 0. The van der Waals surface area contributed by atoms with Gasteiger partial charge in [-0.2, -0.15) is 8.78 Å². The number of benzene rings is 2. The molecule has 0 aromatic heterocycles.